The summed E-state index contributed by atoms with van der Waals surface area (Å²) in [5.74, 6) is -1.13. The van der Waals surface area contributed by atoms with Gasteiger partial charge in [0.25, 0.3) is 0 Å². The highest BCUT2D eigenvalue weighted by Crippen LogP contribution is 2.63. The lowest BCUT2D eigenvalue weighted by molar-refractivity contribution is -0.255. The van der Waals surface area contributed by atoms with Gasteiger partial charge in [0, 0.05) is 0 Å². The van der Waals surface area contributed by atoms with Crippen LogP contribution in [-0.4, -0.2) is 11.6 Å². The summed E-state index contributed by atoms with van der Waals surface area (Å²) in [6, 6.07) is 42.1. The third kappa shape index (κ3) is 5.29. The average Bonchev–Trinajstić information content (AvgIpc) is 2.93. The molecule has 172 valence electrons. The summed E-state index contributed by atoms with van der Waals surface area (Å²) in [5, 5.41) is 14.7. The fourth-order valence-corrected chi connectivity index (χ4v) is 10.3. The largest absolute Gasteiger partial charge is 0.545 e. The topological polar surface area (TPSA) is 40.1 Å². The van der Waals surface area contributed by atoms with E-state index in [-0.39, 0.29) is 5.56 Å². The zero-order valence-electron chi connectivity index (χ0n) is 19.4. The molecule has 4 aromatic carbocycles. The van der Waals surface area contributed by atoms with Crippen molar-refractivity contribution in [1.29, 1.82) is 0 Å². The van der Waals surface area contributed by atoms with Gasteiger partial charge in [-0.2, -0.15) is 0 Å². The van der Waals surface area contributed by atoms with E-state index in [1.54, 1.807) is 34.1 Å². The molecule has 0 heterocycles. The van der Waals surface area contributed by atoms with Crippen molar-refractivity contribution < 1.29 is 9.90 Å². The SMILES string of the molecule is O=C([O-])c1ccccc1.c1ccc([P+](c2ccccc2)(c2ccccc2)C2CCCCC2)cc1. The number of carboxylic acid groups (broad SMARTS) is 1. The molecule has 0 unspecified atom stereocenters. The molecule has 0 amide bonds. The molecule has 0 saturated heterocycles. The van der Waals surface area contributed by atoms with E-state index < -0.39 is 13.2 Å². The zero-order valence-corrected chi connectivity index (χ0v) is 20.3. The molecule has 0 spiro atoms. The third-order valence-electron chi connectivity index (χ3n) is 6.62. The second-order valence-corrected chi connectivity index (χ2v) is 12.4. The van der Waals surface area contributed by atoms with Gasteiger partial charge in [0.2, 0.25) is 0 Å². The van der Waals surface area contributed by atoms with Crippen molar-refractivity contribution in [1.82, 2.24) is 0 Å². The lowest BCUT2D eigenvalue weighted by Gasteiger charge is -2.36. The fraction of sp³-hybridized carbons (Fsp3) is 0.194. The number of benzene rings is 4. The van der Waals surface area contributed by atoms with Gasteiger partial charge < -0.3 is 9.90 Å². The van der Waals surface area contributed by atoms with Crippen LogP contribution in [0.3, 0.4) is 0 Å². The van der Waals surface area contributed by atoms with Gasteiger partial charge in [-0.3, -0.25) is 0 Å². The van der Waals surface area contributed by atoms with Crippen LogP contribution in [0.15, 0.2) is 121 Å². The number of hydrogen-bond donors (Lipinski definition) is 0. The molecule has 4 aromatic rings. The highest BCUT2D eigenvalue weighted by molar-refractivity contribution is 7.96. The van der Waals surface area contributed by atoms with E-state index >= 15 is 0 Å². The zero-order chi connectivity index (χ0) is 23.6. The van der Waals surface area contributed by atoms with E-state index in [4.69, 9.17) is 0 Å². The Morgan fingerprint density at radius 3 is 1.24 bits per heavy atom. The van der Waals surface area contributed by atoms with Crippen LogP contribution < -0.4 is 21.0 Å². The Bertz CT molecular complexity index is 1040. The minimum atomic E-state index is -1.63. The summed E-state index contributed by atoms with van der Waals surface area (Å²) in [6.45, 7) is 0. The van der Waals surface area contributed by atoms with Gasteiger partial charge in [-0.25, -0.2) is 0 Å². The van der Waals surface area contributed by atoms with Crippen molar-refractivity contribution in [2.45, 2.75) is 37.8 Å². The van der Waals surface area contributed by atoms with Crippen LogP contribution >= 0.6 is 7.26 Å². The Morgan fingerprint density at radius 2 is 0.912 bits per heavy atom. The first-order valence-corrected chi connectivity index (χ1v) is 13.9. The van der Waals surface area contributed by atoms with Crippen molar-refractivity contribution in [3.05, 3.63) is 127 Å². The highest BCUT2D eigenvalue weighted by atomic mass is 31.2. The lowest BCUT2D eigenvalue weighted by atomic mass is 10.0. The molecule has 2 nitrogen and oxygen atoms in total. The smallest absolute Gasteiger partial charge is 0.115 e. The first kappa shape index (κ1) is 23.9. The van der Waals surface area contributed by atoms with Crippen LogP contribution in [0.1, 0.15) is 42.5 Å². The van der Waals surface area contributed by atoms with E-state index in [9.17, 15) is 9.90 Å². The number of carbonyl (C=O) groups excluding carboxylic acids is 1. The summed E-state index contributed by atoms with van der Waals surface area (Å²) in [7, 11) is -1.63. The van der Waals surface area contributed by atoms with Crippen LogP contribution in [0.4, 0.5) is 0 Å². The van der Waals surface area contributed by atoms with E-state index in [2.05, 4.69) is 91.0 Å². The molecule has 1 saturated carbocycles. The fourth-order valence-electron chi connectivity index (χ4n) is 5.11. The molecule has 0 aliphatic heterocycles. The lowest BCUT2D eigenvalue weighted by Crippen LogP contribution is -2.39. The number of carbonyl (C=O) groups is 1. The normalized spacial score (nSPS) is 14.0. The molecule has 0 atom stereocenters. The molecular formula is C31H31O2P. The molecule has 1 aliphatic carbocycles. The van der Waals surface area contributed by atoms with Gasteiger partial charge >= 0.3 is 0 Å². The van der Waals surface area contributed by atoms with E-state index in [0.717, 1.165) is 5.66 Å². The third-order valence-corrected chi connectivity index (χ3v) is 11.6. The van der Waals surface area contributed by atoms with Crippen LogP contribution in [0.25, 0.3) is 0 Å². The minimum absolute atomic E-state index is 0.220. The molecule has 0 radical (unpaired) electrons. The van der Waals surface area contributed by atoms with Crippen LogP contribution in [0, 0.1) is 0 Å². The van der Waals surface area contributed by atoms with E-state index in [1.807, 2.05) is 0 Å². The van der Waals surface area contributed by atoms with Crippen molar-refractivity contribution in [2.75, 3.05) is 0 Å². The molecule has 34 heavy (non-hydrogen) atoms. The predicted octanol–water partition coefficient (Wildman–Crippen LogP) is 5.36. The van der Waals surface area contributed by atoms with Crippen LogP contribution in [-0.2, 0) is 0 Å². The summed E-state index contributed by atoms with van der Waals surface area (Å²) in [6.07, 6.45) is 6.85. The van der Waals surface area contributed by atoms with Gasteiger partial charge in [0.15, 0.2) is 0 Å². The van der Waals surface area contributed by atoms with Gasteiger partial charge in [0.1, 0.15) is 23.2 Å². The Morgan fingerprint density at radius 1 is 0.559 bits per heavy atom. The quantitative estimate of drug-likeness (QED) is 0.372. The first-order chi connectivity index (χ1) is 16.7. The number of carboxylic acids is 1. The Kier molecular flexibility index (Phi) is 8.28. The van der Waals surface area contributed by atoms with Crippen LogP contribution in [0.2, 0.25) is 0 Å². The van der Waals surface area contributed by atoms with Crippen molar-refractivity contribution in [2.24, 2.45) is 0 Å². The predicted molar refractivity (Wildman–Crippen MR) is 143 cm³/mol. The molecule has 1 fully saturated rings. The number of aromatic carboxylic acids is 1. The van der Waals surface area contributed by atoms with Gasteiger partial charge in [-0.05, 0) is 67.6 Å². The Hall–Kier alpha value is -3.22. The molecular weight excluding hydrogens is 435 g/mol. The second-order valence-electron chi connectivity index (χ2n) is 8.67. The minimum Gasteiger partial charge on any atom is -0.545 e. The standard InChI is InChI=1S/C24H26P.C7H6O2/c1-5-13-21(14-6-1)25(22-15-7-2-8-16-22,23-17-9-3-10-18-23)24-19-11-4-12-20-24;8-7(9)6-4-2-1-3-5-6/h1-3,5-10,13-18,24H,4,11-12,19-20H2;1-5H,(H,8,9)/q+1;/p-1. The molecule has 0 aromatic heterocycles. The molecule has 3 heteroatoms. The van der Waals surface area contributed by atoms with E-state index in [1.165, 1.54) is 44.2 Å². The maximum Gasteiger partial charge on any atom is 0.115 e. The molecule has 0 bridgehead atoms. The van der Waals surface area contributed by atoms with E-state index in [0.29, 0.717) is 0 Å². The first-order valence-electron chi connectivity index (χ1n) is 12.0. The molecule has 0 N–H and O–H groups in total. The molecule has 1 aliphatic rings. The van der Waals surface area contributed by atoms with Crippen molar-refractivity contribution in [3.63, 3.8) is 0 Å². The number of rotatable bonds is 5. The Labute approximate surface area is 203 Å². The Balaban J connectivity index is 0.000000257. The summed E-state index contributed by atoms with van der Waals surface area (Å²) >= 11 is 0. The monoisotopic (exact) mass is 466 g/mol. The maximum absolute atomic E-state index is 10.1. The van der Waals surface area contributed by atoms with Gasteiger partial charge in [0.05, 0.1) is 11.6 Å². The summed E-state index contributed by atoms with van der Waals surface area (Å²) in [4.78, 5) is 10.1. The second kappa shape index (κ2) is 11.8. The summed E-state index contributed by atoms with van der Waals surface area (Å²) in [5.41, 5.74) is 0.978. The molecule has 5 rings (SSSR count). The maximum atomic E-state index is 10.1. The summed E-state index contributed by atoms with van der Waals surface area (Å²) < 4.78 is 0. The van der Waals surface area contributed by atoms with Crippen molar-refractivity contribution >= 4 is 29.1 Å². The van der Waals surface area contributed by atoms with Crippen molar-refractivity contribution in [3.8, 4) is 0 Å². The van der Waals surface area contributed by atoms with Gasteiger partial charge in [-0.15, -0.1) is 0 Å². The average molecular weight is 467 g/mol. The van der Waals surface area contributed by atoms with Gasteiger partial charge in [-0.1, -0.05) is 91.3 Å². The number of hydrogen-bond acceptors (Lipinski definition) is 2. The van der Waals surface area contributed by atoms with Crippen LogP contribution in [0.5, 0.6) is 0 Å². The highest BCUT2D eigenvalue weighted by Gasteiger charge is 2.51.